The summed E-state index contributed by atoms with van der Waals surface area (Å²) in [6.45, 7) is 0. The topological polar surface area (TPSA) is 24.9 Å². The van der Waals surface area contributed by atoms with Crippen molar-refractivity contribution in [3.8, 4) is 0 Å². The van der Waals surface area contributed by atoms with E-state index in [-0.39, 0.29) is 0 Å². The minimum atomic E-state index is 0.362. The summed E-state index contributed by atoms with van der Waals surface area (Å²) in [6.07, 6.45) is 4.70. The Hall–Kier alpha value is -0.710. The van der Waals surface area contributed by atoms with E-state index in [1.54, 1.807) is 17.5 Å². The van der Waals surface area contributed by atoms with E-state index in [0.717, 1.165) is 10.9 Å². The zero-order valence-corrected chi connectivity index (χ0v) is 11.4. The van der Waals surface area contributed by atoms with Gasteiger partial charge in [-0.3, -0.25) is 4.98 Å². The summed E-state index contributed by atoms with van der Waals surface area (Å²) in [5.74, 6) is 0. The number of pyridine rings is 1. The van der Waals surface area contributed by atoms with E-state index in [0.29, 0.717) is 6.04 Å². The smallest absolute Gasteiger partial charge is 0.0454 e. The van der Waals surface area contributed by atoms with Crippen LogP contribution in [0.15, 0.2) is 40.4 Å². The van der Waals surface area contributed by atoms with Crippen molar-refractivity contribution in [2.45, 2.75) is 12.5 Å². The van der Waals surface area contributed by atoms with Gasteiger partial charge in [-0.05, 0) is 47.1 Å². The lowest BCUT2D eigenvalue weighted by atomic mass is 10.1. The van der Waals surface area contributed by atoms with Crippen molar-refractivity contribution in [3.05, 3.63) is 50.9 Å². The number of thiophene rings is 1. The highest BCUT2D eigenvalue weighted by Crippen LogP contribution is 2.27. The SMILES string of the molecule is CNC(Cc1cccnc1)c1cc(Br)cs1. The summed E-state index contributed by atoms with van der Waals surface area (Å²) in [7, 11) is 1.99. The second kappa shape index (κ2) is 5.57. The number of rotatable bonds is 4. The van der Waals surface area contributed by atoms with Gasteiger partial charge in [-0.1, -0.05) is 6.07 Å². The lowest BCUT2D eigenvalue weighted by Gasteiger charge is -2.14. The maximum atomic E-state index is 4.14. The standard InChI is InChI=1S/C12H13BrN2S/c1-14-11(12-6-10(13)8-16-12)5-9-3-2-4-15-7-9/h2-4,6-8,11,14H,5H2,1H3. The van der Waals surface area contributed by atoms with Crippen LogP contribution in [-0.2, 0) is 6.42 Å². The first-order chi connectivity index (χ1) is 7.79. The van der Waals surface area contributed by atoms with Crippen molar-refractivity contribution < 1.29 is 0 Å². The molecule has 0 fully saturated rings. The maximum absolute atomic E-state index is 4.14. The third-order valence-corrected chi connectivity index (χ3v) is 4.25. The molecule has 4 heteroatoms. The first-order valence-corrected chi connectivity index (χ1v) is 6.77. The van der Waals surface area contributed by atoms with Crippen molar-refractivity contribution in [2.75, 3.05) is 7.05 Å². The number of halogens is 1. The third-order valence-electron chi connectivity index (χ3n) is 2.44. The zero-order valence-electron chi connectivity index (χ0n) is 8.98. The van der Waals surface area contributed by atoms with Crippen LogP contribution in [0.1, 0.15) is 16.5 Å². The molecule has 84 valence electrons. The molecule has 0 saturated heterocycles. The molecule has 0 aliphatic carbocycles. The molecule has 16 heavy (non-hydrogen) atoms. The van der Waals surface area contributed by atoms with Gasteiger partial charge < -0.3 is 5.32 Å². The summed E-state index contributed by atoms with van der Waals surface area (Å²) in [5.41, 5.74) is 1.26. The zero-order chi connectivity index (χ0) is 11.4. The number of hydrogen-bond acceptors (Lipinski definition) is 3. The number of aromatic nitrogens is 1. The van der Waals surface area contributed by atoms with Gasteiger partial charge in [0.25, 0.3) is 0 Å². The predicted molar refractivity (Wildman–Crippen MR) is 71.8 cm³/mol. The molecule has 2 heterocycles. The molecule has 0 aromatic carbocycles. The van der Waals surface area contributed by atoms with Gasteiger partial charge in [-0.15, -0.1) is 11.3 Å². The van der Waals surface area contributed by atoms with Gasteiger partial charge in [0.2, 0.25) is 0 Å². The molecule has 1 N–H and O–H groups in total. The molecule has 2 rings (SSSR count). The van der Waals surface area contributed by atoms with Crippen LogP contribution < -0.4 is 5.32 Å². The fraction of sp³-hybridized carbons (Fsp3) is 0.250. The van der Waals surface area contributed by atoms with E-state index in [9.17, 15) is 0 Å². The summed E-state index contributed by atoms with van der Waals surface area (Å²) < 4.78 is 1.15. The highest BCUT2D eigenvalue weighted by Gasteiger charge is 2.12. The van der Waals surface area contributed by atoms with Gasteiger partial charge in [-0.2, -0.15) is 0 Å². The maximum Gasteiger partial charge on any atom is 0.0454 e. The Balaban J connectivity index is 2.12. The number of likely N-dealkylation sites (N-methyl/N-ethyl adjacent to an activating group) is 1. The minimum absolute atomic E-state index is 0.362. The monoisotopic (exact) mass is 296 g/mol. The average Bonchev–Trinajstić information content (AvgIpc) is 2.74. The number of hydrogen-bond donors (Lipinski definition) is 1. The van der Waals surface area contributed by atoms with Crippen LogP contribution in [0.5, 0.6) is 0 Å². The lowest BCUT2D eigenvalue weighted by Crippen LogP contribution is -2.17. The molecule has 0 radical (unpaired) electrons. The van der Waals surface area contributed by atoms with E-state index < -0.39 is 0 Å². The fourth-order valence-electron chi connectivity index (χ4n) is 1.61. The quantitative estimate of drug-likeness (QED) is 0.935. The van der Waals surface area contributed by atoms with E-state index in [1.807, 2.05) is 19.3 Å². The van der Waals surface area contributed by atoms with Crippen LogP contribution in [0.3, 0.4) is 0 Å². The van der Waals surface area contributed by atoms with E-state index in [2.05, 4.69) is 43.7 Å². The Bertz CT molecular complexity index is 441. The first kappa shape index (κ1) is 11.8. The summed E-state index contributed by atoms with van der Waals surface area (Å²) in [6, 6.07) is 6.62. The molecule has 2 aromatic heterocycles. The average molecular weight is 297 g/mol. The number of nitrogens with one attached hydrogen (secondary N) is 1. The van der Waals surface area contributed by atoms with Crippen LogP contribution in [0.2, 0.25) is 0 Å². The van der Waals surface area contributed by atoms with E-state index in [1.165, 1.54) is 10.4 Å². The second-order valence-electron chi connectivity index (χ2n) is 3.57. The van der Waals surface area contributed by atoms with Gasteiger partial charge in [0.05, 0.1) is 0 Å². The van der Waals surface area contributed by atoms with Crippen LogP contribution in [0.25, 0.3) is 0 Å². The summed E-state index contributed by atoms with van der Waals surface area (Å²) in [4.78, 5) is 5.48. The molecule has 2 nitrogen and oxygen atoms in total. The molecule has 2 aromatic rings. The molecule has 1 unspecified atom stereocenters. The number of nitrogens with zero attached hydrogens (tertiary/aromatic N) is 1. The van der Waals surface area contributed by atoms with Gasteiger partial charge in [0.1, 0.15) is 0 Å². The molecule has 0 saturated carbocycles. The third kappa shape index (κ3) is 2.90. The van der Waals surface area contributed by atoms with Crippen LogP contribution in [0, 0.1) is 0 Å². The largest absolute Gasteiger partial charge is 0.312 e. The molecule has 0 bridgehead atoms. The highest BCUT2D eigenvalue weighted by atomic mass is 79.9. The molecule has 1 atom stereocenters. The molecular formula is C12H13BrN2S. The van der Waals surface area contributed by atoms with Gasteiger partial charge in [0.15, 0.2) is 0 Å². The van der Waals surface area contributed by atoms with Crippen LogP contribution in [0.4, 0.5) is 0 Å². The Morgan fingerprint density at radius 1 is 1.56 bits per heavy atom. The molecule has 0 aliphatic rings. The first-order valence-electron chi connectivity index (χ1n) is 5.09. The van der Waals surface area contributed by atoms with Gasteiger partial charge >= 0.3 is 0 Å². The predicted octanol–water partition coefficient (Wildman–Crippen LogP) is 3.41. The molecule has 0 amide bonds. The van der Waals surface area contributed by atoms with Crippen molar-refractivity contribution in [1.29, 1.82) is 0 Å². The van der Waals surface area contributed by atoms with Crippen LogP contribution in [-0.4, -0.2) is 12.0 Å². The van der Waals surface area contributed by atoms with E-state index in [4.69, 9.17) is 0 Å². The Morgan fingerprint density at radius 2 is 2.44 bits per heavy atom. The van der Waals surface area contributed by atoms with Gasteiger partial charge in [0, 0.05) is 33.2 Å². The Kier molecular flexibility index (Phi) is 4.09. The van der Waals surface area contributed by atoms with Crippen molar-refractivity contribution in [3.63, 3.8) is 0 Å². The normalized spacial score (nSPS) is 12.6. The van der Waals surface area contributed by atoms with Crippen molar-refractivity contribution in [1.82, 2.24) is 10.3 Å². The summed E-state index contributed by atoms with van der Waals surface area (Å²) in [5, 5.41) is 5.46. The molecular weight excluding hydrogens is 284 g/mol. The minimum Gasteiger partial charge on any atom is -0.312 e. The van der Waals surface area contributed by atoms with Gasteiger partial charge in [-0.25, -0.2) is 0 Å². The Labute approximate surface area is 108 Å². The lowest BCUT2D eigenvalue weighted by molar-refractivity contribution is 0.601. The van der Waals surface area contributed by atoms with Crippen LogP contribution >= 0.6 is 27.3 Å². The molecule has 0 aliphatic heterocycles. The fourth-order valence-corrected chi connectivity index (χ4v) is 3.17. The molecule has 0 spiro atoms. The van der Waals surface area contributed by atoms with E-state index >= 15 is 0 Å². The summed E-state index contributed by atoms with van der Waals surface area (Å²) >= 11 is 5.26. The second-order valence-corrected chi connectivity index (χ2v) is 5.43. The van der Waals surface area contributed by atoms with Crippen molar-refractivity contribution >= 4 is 27.3 Å². The Morgan fingerprint density at radius 3 is 3.00 bits per heavy atom. The van der Waals surface area contributed by atoms with Crippen molar-refractivity contribution in [2.24, 2.45) is 0 Å². The highest BCUT2D eigenvalue weighted by molar-refractivity contribution is 9.10.